The molecule has 1 unspecified atom stereocenters. The molecule has 19 nitrogen and oxygen atoms in total. The number of ether oxygens (including phenoxy) is 5. The lowest BCUT2D eigenvalue weighted by Crippen LogP contribution is -2.49. The summed E-state index contributed by atoms with van der Waals surface area (Å²) in [7, 11) is 0. The number of piperazine rings is 1. The van der Waals surface area contributed by atoms with Crippen molar-refractivity contribution in [2.24, 2.45) is 4.99 Å². The third-order valence-corrected chi connectivity index (χ3v) is 12.4. The number of halogens is 3. The summed E-state index contributed by atoms with van der Waals surface area (Å²) in [5.41, 5.74) is 7.67. The Labute approximate surface area is 439 Å². The van der Waals surface area contributed by atoms with Crippen LogP contribution in [-0.4, -0.2) is 175 Å². The molecule has 3 heterocycles. The van der Waals surface area contributed by atoms with Gasteiger partial charge in [0.2, 0.25) is 17.7 Å². The van der Waals surface area contributed by atoms with E-state index >= 15 is 0 Å². The van der Waals surface area contributed by atoms with Crippen LogP contribution >= 0.6 is 11.8 Å². The number of carbonyl (C=O) groups excluding carboxylic acids is 4. The lowest BCUT2D eigenvalue weighted by Gasteiger charge is -2.37. The highest BCUT2D eigenvalue weighted by atomic mass is 32.2. The lowest BCUT2D eigenvalue weighted by atomic mass is 9.98. The first kappa shape index (κ1) is 59.7. The van der Waals surface area contributed by atoms with Gasteiger partial charge in [0.25, 0.3) is 5.56 Å². The number of nitrogens with one attached hydrogen (secondary N) is 3. The number of nitrogen functional groups attached to an aromatic ring is 1. The number of nitrogens with two attached hydrogens (primary N) is 1. The summed E-state index contributed by atoms with van der Waals surface area (Å²) in [6.07, 6.45) is -0.793. The smallest absolute Gasteiger partial charge is 0.384 e. The minimum Gasteiger partial charge on any atom is -0.384 e. The molecule has 0 aliphatic carbocycles. The summed E-state index contributed by atoms with van der Waals surface area (Å²) in [5.74, 6) is 0.459. The first-order valence-corrected chi connectivity index (χ1v) is 26.0. The van der Waals surface area contributed by atoms with Gasteiger partial charge in [-0.15, -0.1) is 0 Å². The molecule has 0 spiro atoms. The molecule has 2 aromatic carbocycles. The fourth-order valence-electron chi connectivity index (χ4n) is 7.92. The zero-order chi connectivity index (χ0) is 54.0. The molecule has 0 radical (unpaired) electrons. The number of aldehydes is 1. The topological polar surface area (TPSA) is 230 Å². The lowest BCUT2D eigenvalue weighted by molar-refractivity contribution is -0.137. The van der Waals surface area contributed by atoms with Crippen LogP contribution < -0.4 is 32.1 Å². The Morgan fingerprint density at radius 1 is 0.813 bits per heavy atom. The number of hydrogen-bond donors (Lipinski definition) is 4. The molecule has 0 bridgehead atoms. The highest BCUT2D eigenvalue weighted by Gasteiger charge is 2.37. The van der Waals surface area contributed by atoms with Gasteiger partial charge in [-0.1, -0.05) is 12.1 Å². The minimum atomic E-state index is -4.77. The average Bonchev–Trinajstić information content (AvgIpc) is 3.41. The molecule has 3 amide bonds. The van der Waals surface area contributed by atoms with E-state index < -0.39 is 23.4 Å². The van der Waals surface area contributed by atoms with Crippen molar-refractivity contribution in [3.63, 3.8) is 0 Å². The molecule has 1 atom stereocenters. The second-order valence-corrected chi connectivity index (χ2v) is 18.1. The minimum absolute atomic E-state index is 0.0199. The van der Waals surface area contributed by atoms with E-state index in [9.17, 15) is 37.1 Å². The summed E-state index contributed by atoms with van der Waals surface area (Å²) in [6, 6.07) is 15.6. The number of nitrogens with zero attached hydrogens (tertiary/aromatic N) is 5. The van der Waals surface area contributed by atoms with Crippen LogP contribution in [0.2, 0.25) is 0 Å². The standard InChI is InChI=1S/C52H68F3N9O10S/c1-37-4-13-50(69)64(51(37)42-32-38(5-8-44(42)57-2)39-6-10-46(56)61-34-39)40-7-9-45(43(33-40)52(53,54)55)62-18-20-63(21-19-62)49(68)14-22-70-24-26-72-28-29-73-27-25-71-23-17-60-48(67)12-11-47(66)59-16-15-58-35-41(36-65)74-30-31-75-3/h4-10,13,32-34,36,41,58H,2,11-12,14-31,35H2,1,3H3,(H2,56,61)(H,59,66)(H,60,67). The summed E-state index contributed by atoms with van der Waals surface area (Å²) < 4.78 is 73.5. The monoisotopic (exact) mass is 1070 g/mol. The number of rotatable bonds is 33. The van der Waals surface area contributed by atoms with E-state index in [2.05, 4.69) is 32.6 Å². The van der Waals surface area contributed by atoms with Crippen LogP contribution in [0.3, 0.4) is 0 Å². The van der Waals surface area contributed by atoms with E-state index in [1.807, 2.05) is 12.3 Å². The van der Waals surface area contributed by atoms with Crippen molar-refractivity contribution in [2.45, 2.75) is 38.5 Å². The molecule has 0 saturated carbocycles. The molecule has 1 fully saturated rings. The van der Waals surface area contributed by atoms with Crippen molar-refractivity contribution in [1.82, 2.24) is 30.4 Å². The highest BCUT2D eigenvalue weighted by Crippen LogP contribution is 2.41. The van der Waals surface area contributed by atoms with E-state index in [4.69, 9.17) is 29.4 Å². The molecule has 1 aliphatic rings. The van der Waals surface area contributed by atoms with Gasteiger partial charge in [-0.05, 0) is 73.5 Å². The normalized spacial score (nSPS) is 13.1. The molecule has 4 aromatic rings. The number of aromatic nitrogens is 2. The fourth-order valence-corrected chi connectivity index (χ4v) is 8.18. The van der Waals surface area contributed by atoms with Crippen molar-refractivity contribution in [3.8, 4) is 28.1 Å². The maximum Gasteiger partial charge on any atom is 0.418 e. The Hall–Kier alpha value is -6.21. The van der Waals surface area contributed by atoms with Crippen LogP contribution in [0.1, 0.15) is 30.4 Å². The van der Waals surface area contributed by atoms with E-state index in [1.165, 1.54) is 22.8 Å². The van der Waals surface area contributed by atoms with Crippen molar-refractivity contribution >= 4 is 59.7 Å². The third-order valence-electron chi connectivity index (χ3n) is 11.8. The fraction of sp³-hybridized carbons (Fsp3) is 0.481. The van der Waals surface area contributed by atoms with Gasteiger partial charge in [-0.2, -0.15) is 24.9 Å². The number of anilines is 2. The van der Waals surface area contributed by atoms with E-state index in [1.54, 1.807) is 65.0 Å². The largest absolute Gasteiger partial charge is 0.418 e. The van der Waals surface area contributed by atoms with Crippen LogP contribution in [0, 0.1) is 6.92 Å². The number of pyridine rings is 2. The molecule has 23 heteroatoms. The van der Waals surface area contributed by atoms with Crippen LogP contribution in [0.25, 0.3) is 28.1 Å². The van der Waals surface area contributed by atoms with Crippen molar-refractivity contribution in [2.75, 3.05) is 134 Å². The molecule has 5 rings (SSSR count). The maximum absolute atomic E-state index is 14.9. The van der Waals surface area contributed by atoms with Crippen LogP contribution in [0.4, 0.5) is 30.4 Å². The average molecular weight is 1070 g/mol. The maximum atomic E-state index is 14.9. The molecule has 2 aromatic heterocycles. The van der Waals surface area contributed by atoms with Crippen LogP contribution in [-0.2, 0) is 49.0 Å². The summed E-state index contributed by atoms with van der Waals surface area (Å²) in [5, 5.41) is 8.49. The Kier molecular flexibility index (Phi) is 25.2. The summed E-state index contributed by atoms with van der Waals surface area (Å²) in [6.45, 7) is 10.4. The molecule has 5 N–H and O–H groups in total. The quantitative estimate of drug-likeness (QED) is 0.0293. The summed E-state index contributed by atoms with van der Waals surface area (Å²) >= 11 is 1.63. The molecular formula is C52H68F3N9O10S. The second kappa shape index (κ2) is 31.6. The van der Waals surface area contributed by atoms with Crippen molar-refractivity contribution in [3.05, 3.63) is 88.3 Å². The SMILES string of the molecule is C=Nc1ccc(-c2ccc(N)nc2)cc1-c1c(C)ccc(=O)n1-c1ccc(N2CCN(C(=O)CCOCCOCCOCCOCCNC(=O)CCC(=O)NCCNCC(C=O)OCCSC)CC2)c(C(F)(F)F)c1. The zero-order valence-corrected chi connectivity index (χ0v) is 43.3. The number of alkyl halides is 3. The van der Waals surface area contributed by atoms with Crippen molar-refractivity contribution < 1.29 is 56.0 Å². The number of amides is 3. The molecule has 408 valence electrons. The predicted molar refractivity (Wildman–Crippen MR) is 283 cm³/mol. The first-order chi connectivity index (χ1) is 36.2. The molecule has 75 heavy (non-hydrogen) atoms. The van der Waals surface area contributed by atoms with Crippen molar-refractivity contribution in [1.29, 1.82) is 0 Å². The number of benzene rings is 2. The van der Waals surface area contributed by atoms with Gasteiger partial charge in [0.05, 0.1) is 82.8 Å². The number of aliphatic imine (C=N–C) groups is 1. The predicted octanol–water partition coefficient (Wildman–Crippen LogP) is 4.46. The van der Waals surface area contributed by atoms with Gasteiger partial charge in [-0.3, -0.25) is 28.7 Å². The Morgan fingerprint density at radius 3 is 2.09 bits per heavy atom. The van der Waals surface area contributed by atoms with Gasteiger partial charge >= 0.3 is 6.18 Å². The zero-order valence-electron chi connectivity index (χ0n) is 42.5. The van der Waals surface area contributed by atoms with Gasteiger partial charge in [0.1, 0.15) is 18.2 Å². The van der Waals surface area contributed by atoms with E-state index in [0.29, 0.717) is 81.0 Å². The molecular weight excluding hydrogens is 1000 g/mol. The number of aryl methyl sites for hydroxylation is 1. The van der Waals surface area contributed by atoms with Crippen LogP contribution in [0.5, 0.6) is 0 Å². The van der Waals surface area contributed by atoms with Gasteiger partial charge in [0.15, 0.2) is 0 Å². The highest BCUT2D eigenvalue weighted by molar-refractivity contribution is 7.98. The number of hydrogen-bond acceptors (Lipinski definition) is 16. The van der Waals surface area contributed by atoms with Gasteiger partial charge in [0, 0.05) is 106 Å². The van der Waals surface area contributed by atoms with E-state index in [-0.39, 0.29) is 108 Å². The first-order valence-electron chi connectivity index (χ1n) is 24.6. The second-order valence-electron chi connectivity index (χ2n) is 17.1. The van der Waals surface area contributed by atoms with Gasteiger partial charge < -0.3 is 60.0 Å². The Bertz CT molecular complexity index is 2530. The number of carbonyl (C=O) groups is 4. The van der Waals surface area contributed by atoms with Crippen LogP contribution in [0.15, 0.2) is 76.6 Å². The third kappa shape index (κ3) is 19.5. The Balaban J connectivity index is 0.940. The Morgan fingerprint density at radius 2 is 1.47 bits per heavy atom. The van der Waals surface area contributed by atoms with E-state index in [0.717, 1.165) is 29.2 Å². The molecule has 1 saturated heterocycles. The number of thioether (sulfide) groups is 1. The summed E-state index contributed by atoms with van der Waals surface area (Å²) in [4.78, 5) is 73.3. The molecule has 1 aliphatic heterocycles. The van der Waals surface area contributed by atoms with Gasteiger partial charge in [-0.25, -0.2) is 4.98 Å².